The van der Waals surface area contributed by atoms with Gasteiger partial charge in [0.25, 0.3) is 0 Å². The van der Waals surface area contributed by atoms with Crippen molar-refractivity contribution in [2.75, 3.05) is 13.7 Å². The van der Waals surface area contributed by atoms with Crippen LogP contribution in [0.5, 0.6) is 0 Å². The van der Waals surface area contributed by atoms with E-state index in [1.165, 1.54) is 6.42 Å². The lowest BCUT2D eigenvalue weighted by atomic mass is 9.96. The summed E-state index contributed by atoms with van der Waals surface area (Å²) < 4.78 is 10.9. The monoisotopic (exact) mass is 304 g/mol. The Labute approximate surface area is 131 Å². The molecule has 0 aliphatic carbocycles. The minimum absolute atomic E-state index is 0.167. The van der Waals surface area contributed by atoms with Crippen molar-refractivity contribution in [2.24, 2.45) is 0 Å². The van der Waals surface area contributed by atoms with Crippen LogP contribution in [-0.4, -0.2) is 43.9 Å². The number of methoxy groups -OCH3 is 1. The van der Waals surface area contributed by atoms with E-state index in [1.807, 2.05) is 30.3 Å². The van der Waals surface area contributed by atoms with Crippen molar-refractivity contribution < 1.29 is 14.3 Å². The van der Waals surface area contributed by atoms with Crippen LogP contribution in [0, 0.1) is 0 Å². The summed E-state index contributed by atoms with van der Waals surface area (Å²) in [7, 11) is 1.75. The molecule has 2 bridgehead atoms. The van der Waals surface area contributed by atoms with Crippen LogP contribution < -0.4 is 10.6 Å². The molecular weight excluding hydrogens is 280 g/mol. The highest BCUT2D eigenvalue weighted by molar-refractivity contribution is 5.71. The van der Waals surface area contributed by atoms with Gasteiger partial charge in [0.15, 0.2) is 0 Å². The third kappa shape index (κ3) is 3.66. The Morgan fingerprint density at radius 2 is 2.14 bits per heavy atom. The Morgan fingerprint density at radius 3 is 2.91 bits per heavy atom. The molecule has 22 heavy (non-hydrogen) atoms. The molecule has 120 valence electrons. The van der Waals surface area contributed by atoms with Crippen LogP contribution in [0.3, 0.4) is 0 Å². The SMILES string of the molecule is CO[C@@H]1C[C@@H]2CC[C@@H](N2)[C@@H]1NCC(=O)OCc1ccccc1. The lowest BCUT2D eigenvalue weighted by Gasteiger charge is -2.37. The van der Waals surface area contributed by atoms with Crippen molar-refractivity contribution >= 4 is 5.97 Å². The number of carbonyl (C=O) groups is 1. The molecule has 0 radical (unpaired) electrons. The molecule has 0 amide bonds. The molecule has 3 rings (SSSR count). The molecule has 0 aromatic heterocycles. The number of fused-ring (bicyclic) bond motifs is 2. The molecule has 2 fully saturated rings. The zero-order valence-electron chi connectivity index (χ0n) is 13.0. The quantitative estimate of drug-likeness (QED) is 0.774. The first-order valence-electron chi connectivity index (χ1n) is 7.98. The van der Waals surface area contributed by atoms with Gasteiger partial charge >= 0.3 is 5.97 Å². The Bertz CT molecular complexity index is 494. The maximum atomic E-state index is 11.9. The number of rotatable bonds is 6. The third-order valence-electron chi connectivity index (χ3n) is 4.65. The summed E-state index contributed by atoms with van der Waals surface area (Å²) in [5.74, 6) is -0.223. The molecule has 0 saturated carbocycles. The second-order valence-electron chi connectivity index (χ2n) is 6.11. The van der Waals surface area contributed by atoms with Gasteiger partial charge in [-0.25, -0.2) is 0 Å². The highest BCUT2D eigenvalue weighted by atomic mass is 16.5. The topological polar surface area (TPSA) is 59.6 Å². The summed E-state index contributed by atoms with van der Waals surface area (Å²) in [4.78, 5) is 11.9. The van der Waals surface area contributed by atoms with Crippen molar-refractivity contribution in [3.05, 3.63) is 35.9 Å². The summed E-state index contributed by atoms with van der Waals surface area (Å²) in [6.07, 6.45) is 3.51. The van der Waals surface area contributed by atoms with E-state index in [0.717, 1.165) is 18.4 Å². The zero-order chi connectivity index (χ0) is 15.4. The van der Waals surface area contributed by atoms with Crippen molar-refractivity contribution in [1.82, 2.24) is 10.6 Å². The molecule has 2 aliphatic heterocycles. The first-order valence-corrected chi connectivity index (χ1v) is 7.98. The van der Waals surface area contributed by atoms with Gasteiger partial charge in [-0.15, -0.1) is 0 Å². The van der Waals surface area contributed by atoms with E-state index in [2.05, 4.69) is 10.6 Å². The van der Waals surface area contributed by atoms with Crippen molar-refractivity contribution in [1.29, 1.82) is 0 Å². The van der Waals surface area contributed by atoms with Crippen molar-refractivity contribution in [2.45, 2.75) is 50.1 Å². The second kappa shape index (κ2) is 7.22. The lowest BCUT2D eigenvalue weighted by molar-refractivity contribution is -0.144. The smallest absolute Gasteiger partial charge is 0.320 e. The minimum atomic E-state index is -0.223. The molecular formula is C17H24N2O3. The average Bonchev–Trinajstić information content (AvgIpc) is 2.95. The number of carbonyl (C=O) groups excluding carboxylic acids is 1. The number of ether oxygens (including phenoxy) is 2. The minimum Gasteiger partial charge on any atom is -0.460 e. The Balaban J connectivity index is 1.45. The van der Waals surface area contributed by atoms with Gasteiger partial charge in [0.2, 0.25) is 0 Å². The molecule has 5 nitrogen and oxygen atoms in total. The van der Waals surface area contributed by atoms with E-state index in [-0.39, 0.29) is 24.7 Å². The number of hydrogen-bond acceptors (Lipinski definition) is 5. The molecule has 2 aliphatic rings. The normalized spacial score (nSPS) is 30.2. The molecule has 1 aromatic carbocycles. The summed E-state index contributed by atoms with van der Waals surface area (Å²) >= 11 is 0. The fraction of sp³-hybridized carbons (Fsp3) is 0.588. The van der Waals surface area contributed by atoms with Gasteiger partial charge in [-0.05, 0) is 24.8 Å². The molecule has 2 heterocycles. The van der Waals surface area contributed by atoms with E-state index >= 15 is 0 Å². The van der Waals surface area contributed by atoms with Crippen LogP contribution >= 0.6 is 0 Å². The Morgan fingerprint density at radius 1 is 1.32 bits per heavy atom. The van der Waals surface area contributed by atoms with E-state index in [1.54, 1.807) is 7.11 Å². The van der Waals surface area contributed by atoms with E-state index in [9.17, 15) is 4.79 Å². The van der Waals surface area contributed by atoms with Crippen LogP contribution in [0.1, 0.15) is 24.8 Å². The summed E-state index contributed by atoms with van der Waals surface area (Å²) in [5, 5.41) is 6.92. The maximum Gasteiger partial charge on any atom is 0.320 e. The zero-order valence-corrected chi connectivity index (χ0v) is 13.0. The van der Waals surface area contributed by atoms with E-state index in [0.29, 0.717) is 18.7 Å². The first-order chi connectivity index (χ1) is 10.8. The molecule has 1 aromatic rings. The predicted octanol–water partition coefficient (Wildman–Crippen LogP) is 1.23. The van der Waals surface area contributed by atoms with Gasteiger partial charge in [0.1, 0.15) is 6.61 Å². The van der Waals surface area contributed by atoms with Crippen LogP contribution in [0.15, 0.2) is 30.3 Å². The number of esters is 1. The fourth-order valence-electron chi connectivity index (χ4n) is 3.51. The average molecular weight is 304 g/mol. The predicted molar refractivity (Wildman–Crippen MR) is 83.4 cm³/mol. The second-order valence-corrected chi connectivity index (χ2v) is 6.11. The largest absolute Gasteiger partial charge is 0.460 e. The first kappa shape index (κ1) is 15.5. The highest BCUT2D eigenvalue weighted by Gasteiger charge is 2.41. The van der Waals surface area contributed by atoms with Gasteiger partial charge < -0.3 is 20.1 Å². The van der Waals surface area contributed by atoms with E-state index in [4.69, 9.17) is 9.47 Å². The van der Waals surface area contributed by atoms with Gasteiger partial charge in [-0.1, -0.05) is 30.3 Å². The Kier molecular flexibility index (Phi) is 5.08. The lowest BCUT2D eigenvalue weighted by Crippen LogP contribution is -2.59. The molecule has 2 saturated heterocycles. The van der Waals surface area contributed by atoms with Gasteiger partial charge in [-0.3, -0.25) is 4.79 Å². The number of nitrogens with one attached hydrogen (secondary N) is 2. The molecule has 0 unspecified atom stereocenters. The van der Waals surface area contributed by atoms with Gasteiger partial charge in [0.05, 0.1) is 12.6 Å². The summed E-state index contributed by atoms with van der Waals surface area (Å²) in [6.45, 7) is 0.545. The number of hydrogen-bond donors (Lipinski definition) is 2. The molecule has 5 heteroatoms. The molecule has 0 spiro atoms. The Hall–Kier alpha value is -1.43. The van der Waals surface area contributed by atoms with Crippen molar-refractivity contribution in [3.63, 3.8) is 0 Å². The fourth-order valence-corrected chi connectivity index (χ4v) is 3.51. The summed E-state index contributed by atoms with van der Waals surface area (Å²) in [6, 6.07) is 10.9. The van der Waals surface area contributed by atoms with Crippen LogP contribution in [0.25, 0.3) is 0 Å². The maximum absolute atomic E-state index is 11.9. The highest BCUT2D eigenvalue weighted by Crippen LogP contribution is 2.28. The van der Waals surface area contributed by atoms with Crippen LogP contribution in [0.4, 0.5) is 0 Å². The summed E-state index contributed by atoms with van der Waals surface area (Å²) in [5.41, 5.74) is 1.00. The standard InChI is InChI=1S/C17H24N2O3/c1-21-15-9-13-7-8-14(19-13)17(15)18-10-16(20)22-11-12-5-3-2-4-6-12/h2-6,13-15,17-19H,7-11H2,1H3/t13-,14+,15+,17-/m0/s1. The molecule has 2 N–H and O–H groups in total. The number of piperidine rings is 1. The third-order valence-corrected chi connectivity index (χ3v) is 4.65. The van der Waals surface area contributed by atoms with Crippen LogP contribution in [0.2, 0.25) is 0 Å². The van der Waals surface area contributed by atoms with Crippen LogP contribution in [-0.2, 0) is 20.9 Å². The molecule has 4 atom stereocenters. The van der Waals surface area contributed by atoms with Gasteiger partial charge in [0, 0.05) is 25.2 Å². The number of benzene rings is 1. The van der Waals surface area contributed by atoms with Crippen molar-refractivity contribution in [3.8, 4) is 0 Å². The van der Waals surface area contributed by atoms with Gasteiger partial charge in [-0.2, -0.15) is 0 Å². The van der Waals surface area contributed by atoms with E-state index < -0.39 is 0 Å².